The van der Waals surface area contributed by atoms with Crippen LogP contribution in [0.2, 0.25) is 0 Å². The van der Waals surface area contributed by atoms with Crippen LogP contribution in [0, 0.1) is 5.21 Å². The Morgan fingerprint density at radius 2 is 1.80 bits per heavy atom. The van der Waals surface area contributed by atoms with Gasteiger partial charge in [-0.05, 0) is 24.3 Å². The van der Waals surface area contributed by atoms with Crippen LogP contribution in [-0.4, -0.2) is 5.97 Å². The van der Waals surface area contributed by atoms with Crippen molar-refractivity contribution in [3.05, 3.63) is 77.8 Å². The highest BCUT2D eigenvalue weighted by Crippen LogP contribution is 2.24. The molecule has 0 aliphatic heterocycles. The van der Waals surface area contributed by atoms with Gasteiger partial charge in [0.15, 0.2) is 12.4 Å². The van der Waals surface area contributed by atoms with E-state index in [0.29, 0.717) is 16.0 Å². The maximum Gasteiger partial charge on any atom is 0.343 e. The van der Waals surface area contributed by atoms with Crippen molar-refractivity contribution in [1.82, 2.24) is 0 Å². The van der Waals surface area contributed by atoms with Crippen LogP contribution < -0.4 is 9.47 Å². The molecule has 3 rings (SSSR count). The van der Waals surface area contributed by atoms with E-state index in [2.05, 4.69) is 0 Å². The highest BCUT2D eigenvalue weighted by molar-refractivity contribution is 5.95. The Labute approximate surface area is 115 Å². The van der Waals surface area contributed by atoms with Gasteiger partial charge in [0.25, 0.3) is 0 Å². The normalized spacial score (nSPS) is 10.4. The van der Waals surface area contributed by atoms with Crippen LogP contribution in [0.5, 0.6) is 5.75 Å². The van der Waals surface area contributed by atoms with Gasteiger partial charge in [0.05, 0.1) is 10.9 Å². The second-order valence-electron chi connectivity index (χ2n) is 4.32. The topological polar surface area (TPSA) is 53.2 Å². The molecule has 0 amide bonds. The molecule has 3 aromatic rings. The van der Waals surface area contributed by atoms with Crippen molar-refractivity contribution in [2.24, 2.45) is 0 Å². The van der Waals surface area contributed by atoms with Gasteiger partial charge < -0.3 is 9.94 Å². The number of aromatic nitrogens is 1. The quantitative estimate of drug-likeness (QED) is 0.310. The van der Waals surface area contributed by atoms with Crippen LogP contribution in [0.3, 0.4) is 0 Å². The molecular formula is C16H11NO3. The predicted molar refractivity (Wildman–Crippen MR) is 74.3 cm³/mol. The molecule has 1 aromatic heterocycles. The molecule has 98 valence electrons. The Balaban J connectivity index is 1.97. The first kappa shape index (κ1) is 12.2. The van der Waals surface area contributed by atoms with Crippen molar-refractivity contribution in [3.63, 3.8) is 0 Å². The van der Waals surface area contributed by atoms with Crippen molar-refractivity contribution in [2.45, 2.75) is 0 Å². The molecular weight excluding hydrogens is 254 g/mol. The number of benzene rings is 2. The van der Waals surface area contributed by atoms with Crippen molar-refractivity contribution in [1.29, 1.82) is 0 Å². The maximum atomic E-state index is 12.0. The van der Waals surface area contributed by atoms with Gasteiger partial charge in [-0.2, -0.15) is 4.73 Å². The van der Waals surface area contributed by atoms with Gasteiger partial charge in [-0.3, -0.25) is 0 Å². The highest BCUT2D eigenvalue weighted by Gasteiger charge is 2.11. The molecule has 4 nitrogen and oxygen atoms in total. The third kappa shape index (κ3) is 2.31. The van der Waals surface area contributed by atoms with Crippen molar-refractivity contribution in [3.8, 4) is 5.75 Å². The van der Waals surface area contributed by atoms with Gasteiger partial charge in [0.1, 0.15) is 5.75 Å². The SMILES string of the molecule is O=C(Oc1cccc2c[n+]([O-])ccc12)c1ccccc1. The minimum absolute atomic E-state index is 0.419. The van der Waals surface area contributed by atoms with E-state index in [9.17, 15) is 10.0 Å². The first-order chi connectivity index (χ1) is 9.74. The Kier molecular flexibility index (Phi) is 3.05. The van der Waals surface area contributed by atoms with Crippen molar-refractivity contribution >= 4 is 16.7 Å². The number of fused-ring (bicyclic) bond motifs is 1. The third-order valence-corrected chi connectivity index (χ3v) is 2.97. The molecule has 0 bridgehead atoms. The van der Waals surface area contributed by atoms with Crippen LogP contribution in [0.25, 0.3) is 10.8 Å². The Morgan fingerprint density at radius 3 is 2.60 bits per heavy atom. The summed E-state index contributed by atoms with van der Waals surface area (Å²) in [7, 11) is 0. The predicted octanol–water partition coefficient (Wildman–Crippen LogP) is 2.69. The summed E-state index contributed by atoms with van der Waals surface area (Å²) in [5.74, 6) is 0.0221. The summed E-state index contributed by atoms with van der Waals surface area (Å²) in [5.41, 5.74) is 0.485. The van der Waals surface area contributed by atoms with Crippen LogP contribution in [0.4, 0.5) is 0 Å². The summed E-state index contributed by atoms with van der Waals surface area (Å²) in [5, 5.41) is 12.7. The summed E-state index contributed by atoms with van der Waals surface area (Å²) in [4.78, 5) is 12.0. The van der Waals surface area contributed by atoms with Gasteiger partial charge in [-0.15, -0.1) is 0 Å². The summed E-state index contributed by atoms with van der Waals surface area (Å²) in [6.07, 6.45) is 2.82. The first-order valence-electron chi connectivity index (χ1n) is 6.13. The molecule has 1 heterocycles. The second-order valence-corrected chi connectivity index (χ2v) is 4.32. The molecule has 0 N–H and O–H groups in total. The lowest BCUT2D eigenvalue weighted by molar-refractivity contribution is -0.603. The van der Waals surface area contributed by atoms with E-state index in [1.807, 2.05) is 6.07 Å². The fourth-order valence-electron chi connectivity index (χ4n) is 2.00. The zero-order valence-electron chi connectivity index (χ0n) is 10.5. The molecule has 0 saturated carbocycles. The van der Waals surface area contributed by atoms with Crippen LogP contribution >= 0.6 is 0 Å². The lowest BCUT2D eigenvalue weighted by Gasteiger charge is -2.07. The van der Waals surface area contributed by atoms with E-state index in [0.717, 1.165) is 10.8 Å². The minimum atomic E-state index is -0.419. The van der Waals surface area contributed by atoms with Crippen LogP contribution in [0.15, 0.2) is 67.0 Å². The van der Waals surface area contributed by atoms with E-state index in [1.165, 1.54) is 12.4 Å². The summed E-state index contributed by atoms with van der Waals surface area (Å²) < 4.78 is 6.12. The first-order valence-corrected chi connectivity index (χ1v) is 6.13. The Hall–Kier alpha value is -2.88. The molecule has 2 aromatic carbocycles. The number of hydrogen-bond acceptors (Lipinski definition) is 3. The fraction of sp³-hybridized carbons (Fsp3) is 0. The molecule has 0 atom stereocenters. The standard InChI is InChI=1S/C16H11NO3/c18-16(12-5-2-1-3-6-12)20-15-8-4-7-13-11-17(19)10-9-14(13)15/h1-11H. The van der Waals surface area contributed by atoms with E-state index < -0.39 is 5.97 Å². The summed E-state index contributed by atoms with van der Waals surface area (Å²) >= 11 is 0. The summed E-state index contributed by atoms with van der Waals surface area (Å²) in [6.45, 7) is 0. The number of pyridine rings is 1. The largest absolute Gasteiger partial charge is 0.619 e. The molecule has 0 aliphatic rings. The summed E-state index contributed by atoms with van der Waals surface area (Å²) in [6, 6.07) is 15.7. The molecule has 4 heteroatoms. The van der Waals surface area contributed by atoms with E-state index in [-0.39, 0.29) is 0 Å². The van der Waals surface area contributed by atoms with Gasteiger partial charge in [-0.1, -0.05) is 24.3 Å². The smallest absolute Gasteiger partial charge is 0.343 e. The minimum Gasteiger partial charge on any atom is -0.619 e. The lowest BCUT2D eigenvalue weighted by Crippen LogP contribution is -2.23. The van der Waals surface area contributed by atoms with E-state index in [1.54, 1.807) is 48.5 Å². The number of ether oxygens (including phenoxy) is 1. The molecule has 20 heavy (non-hydrogen) atoms. The molecule has 0 fully saturated rings. The molecule has 0 aliphatic carbocycles. The monoisotopic (exact) mass is 265 g/mol. The second kappa shape index (κ2) is 5.01. The average Bonchev–Trinajstić information content (AvgIpc) is 2.48. The Bertz CT molecular complexity index is 769. The number of carbonyl (C=O) groups is 1. The van der Waals surface area contributed by atoms with Crippen molar-refractivity contribution in [2.75, 3.05) is 0 Å². The lowest BCUT2D eigenvalue weighted by atomic mass is 10.1. The zero-order valence-corrected chi connectivity index (χ0v) is 10.5. The van der Waals surface area contributed by atoms with Gasteiger partial charge in [-0.25, -0.2) is 4.79 Å². The van der Waals surface area contributed by atoms with Crippen molar-refractivity contribution < 1.29 is 14.3 Å². The van der Waals surface area contributed by atoms with Gasteiger partial charge in [0.2, 0.25) is 0 Å². The molecule has 0 saturated heterocycles. The van der Waals surface area contributed by atoms with E-state index in [4.69, 9.17) is 4.74 Å². The maximum absolute atomic E-state index is 12.0. The fourth-order valence-corrected chi connectivity index (χ4v) is 2.00. The average molecular weight is 265 g/mol. The van der Waals surface area contributed by atoms with Gasteiger partial charge >= 0.3 is 5.97 Å². The molecule has 0 spiro atoms. The van der Waals surface area contributed by atoms with Gasteiger partial charge in [0, 0.05) is 11.5 Å². The number of esters is 1. The number of nitrogens with zero attached hydrogens (tertiary/aromatic N) is 1. The number of rotatable bonds is 2. The number of hydrogen-bond donors (Lipinski definition) is 0. The third-order valence-electron chi connectivity index (χ3n) is 2.97. The molecule has 0 unspecified atom stereocenters. The zero-order chi connectivity index (χ0) is 13.9. The van der Waals surface area contributed by atoms with Crippen LogP contribution in [-0.2, 0) is 0 Å². The van der Waals surface area contributed by atoms with Crippen LogP contribution in [0.1, 0.15) is 10.4 Å². The highest BCUT2D eigenvalue weighted by atomic mass is 16.5. The Morgan fingerprint density at radius 1 is 1.00 bits per heavy atom. The number of carbonyl (C=O) groups excluding carboxylic acids is 1. The van der Waals surface area contributed by atoms with E-state index >= 15 is 0 Å². The molecule has 0 radical (unpaired) electrons.